The number of rotatable bonds is 6. The van der Waals surface area contributed by atoms with Crippen molar-refractivity contribution >= 4 is 46.4 Å². The highest BCUT2D eigenvalue weighted by atomic mass is 35.5. The van der Waals surface area contributed by atoms with Gasteiger partial charge >= 0.3 is 5.97 Å². The molecule has 1 fully saturated rings. The van der Waals surface area contributed by atoms with Gasteiger partial charge < -0.3 is 10.0 Å². The van der Waals surface area contributed by atoms with Crippen LogP contribution in [0.15, 0.2) is 23.6 Å². The van der Waals surface area contributed by atoms with Gasteiger partial charge in [-0.05, 0) is 38.0 Å². The van der Waals surface area contributed by atoms with Crippen molar-refractivity contribution in [3.8, 4) is 10.6 Å². The van der Waals surface area contributed by atoms with Gasteiger partial charge in [0.15, 0.2) is 0 Å². The van der Waals surface area contributed by atoms with Crippen LogP contribution in [0, 0.1) is 0 Å². The molecule has 1 aliphatic carbocycles. The maximum absolute atomic E-state index is 12.6. The lowest BCUT2D eigenvalue weighted by atomic mass is 10.2. The number of carbonyl (C=O) groups is 2. The Labute approximate surface area is 159 Å². The van der Waals surface area contributed by atoms with Gasteiger partial charge in [0.2, 0.25) is 5.91 Å². The van der Waals surface area contributed by atoms with E-state index < -0.39 is 12.0 Å². The summed E-state index contributed by atoms with van der Waals surface area (Å²) in [6.07, 6.45) is 1.79. The second-order valence-electron chi connectivity index (χ2n) is 5.99. The summed E-state index contributed by atoms with van der Waals surface area (Å²) in [5, 5.41) is 12.8. The number of aromatic nitrogens is 1. The van der Waals surface area contributed by atoms with E-state index in [9.17, 15) is 14.7 Å². The molecule has 0 aliphatic heterocycles. The molecule has 0 radical (unpaired) electrons. The normalized spacial score (nSPS) is 15.0. The van der Waals surface area contributed by atoms with Gasteiger partial charge in [0.1, 0.15) is 11.0 Å². The van der Waals surface area contributed by atoms with E-state index in [1.165, 1.54) is 16.2 Å². The van der Waals surface area contributed by atoms with E-state index in [4.69, 9.17) is 23.2 Å². The van der Waals surface area contributed by atoms with E-state index in [2.05, 4.69) is 4.98 Å². The Balaban J connectivity index is 1.76. The van der Waals surface area contributed by atoms with E-state index >= 15 is 0 Å². The standard InChI is InChI=1S/C17H16Cl2N2O3S/c1-9(17(23)24)21(12-3-4-12)15(22)7-11-8-25-16(20-11)13-5-2-10(18)6-14(13)19/h2,5-6,8-9,12H,3-4,7H2,1H3,(H,23,24). The second-order valence-corrected chi connectivity index (χ2v) is 7.69. The third-order valence-electron chi connectivity index (χ3n) is 4.05. The van der Waals surface area contributed by atoms with Crippen molar-refractivity contribution in [1.29, 1.82) is 0 Å². The van der Waals surface area contributed by atoms with Crippen molar-refractivity contribution in [2.24, 2.45) is 0 Å². The maximum Gasteiger partial charge on any atom is 0.326 e. The van der Waals surface area contributed by atoms with Crippen LogP contribution in [-0.4, -0.2) is 39.0 Å². The number of benzene rings is 1. The first kappa shape index (κ1) is 18.2. The van der Waals surface area contributed by atoms with Gasteiger partial charge in [0.05, 0.1) is 17.1 Å². The summed E-state index contributed by atoms with van der Waals surface area (Å²) in [5.41, 5.74) is 1.37. The number of amides is 1. The van der Waals surface area contributed by atoms with E-state index in [1.54, 1.807) is 30.5 Å². The molecule has 1 aliphatic rings. The van der Waals surface area contributed by atoms with Crippen LogP contribution >= 0.6 is 34.5 Å². The van der Waals surface area contributed by atoms with E-state index in [1.807, 2.05) is 0 Å². The highest BCUT2D eigenvalue weighted by Gasteiger charge is 2.38. The number of carboxylic acid groups (broad SMARTS) is 1. The van der Waals surface area contributed by atoms with Gasteiger partial charge in [0.25, 0.3) is 0 Å². The molecule has 0 bridgehead atoms. The molecule has 2 aromatic rings. The van der Waals surface area contributed by atoms with E-state index in [0.717, 1.165) is 18.4 Å². The van der Waals surface area contributed by atoms with Crippen LogP contribution in [0.4, 0.5) is 0 Å². The van der Waals surface area contributed by atoms with Crippen molar-refractivity contribution in [1.82, 2.24) is 9.88 Å². The highest BCUT2D eigenvalue weighted by molar-refractivity contribution is 7.13. The summed E-state index contributed by atoms with van der Waals surface area (Å²) in [6.45, 7) is 1.54. The first-order valence-corrected chi connectivity index (χ1v) is 9.44. The number of thiazole rings is 1. The number of aliphatic carboxylic acids is 1. The molecular formula is C17H16Cl2N2O3S. The first-order chi connectivity index (χ1) is 11.9. The Morgan fingerprint density at radius 1 is 1.40 bits per heavy atom. The van der Waals surface area contributed by atoms with Crippen molar-refractivity contribution in [3.05, 3.63) is 39.3 Å². The van der Waals surface area contributed by atoms with Crippen LogP contribution in [0.1, 0.15) is 25.5 Å². The number of hydrogen-bond acceptors (Lipinski definition) is 4. The first-order valence-electron chi connectivity index (χ1n) is 7.80. The molecule has 25 heavy (non-hydrogen) atoms. The van der Waals surface area contributed by atoms with Gasteiger partial charge in [-0.15, -0.1) is 11.3 Å². The second kappa shape index (κ2) is 7.32. The van der Waals surface area contributed by atoms with Crippen molar-refractivity contribution in [2.75, 3.05) is 0 Å². The molecule has 1 N–H and O–H groups in total. The summed E-state index contributed by atoms with van der Waals surface area (Å²) >= 11 is 13.5. The van der Waals surface area contributed by atoms with Gasteiger partial charge in [-0.3, -0.25) is 4.79 Å². The van der Waals surface area contributed by atoms with E-state index in [0.29, 0.717) is 20.7 Å². The lowest BCUT2D eigenvalue weighted by Gasteiger charge is -2.26. The molecule has 1 aromatic heterocycles. The highest BCUT2D eigenvalue weighted by Crippen LogP contribution is 2.33. The summed E-state index contributed by atoms with van der Waals surface area (Å²) in [5.74, 6) is -1.20. The lowest BCUT2D eigenvalue weighted by Crippen LogP contribution is -2.45. The minimum Gasteiger partial charge on any atom is -0.480 e. The summed E-state index contributed by atoms with van der Waals surface area (Å²) in [7, 11) is 0. The molecule has 1 saturated carbocycles. The molecule has 5 nitrogen and oxygen atoms in total. The minimum absolute atomic E-state index is 0.0300. The SMILES string of the molecule is CC(C(=O)O)N(C(=O)Cc1csc(-c2ccc(Cl)cc2Cl)n1)C1CC1. The van der Waals surface area contributed by atoms with Crippen molar-refractivity contribution in [2.45, 2.75) is 38.3 Å². The number of halogens is 2. The van der Waals surface area contributed by atoms with Gasteiger partial charge in [-0.2, -0.15) is 0 Å². The average Bonchev–Trinajstić information content (AvgIpc) is 3.26. The summed E-state index contributed by atoms with van der Waals surface area (Å²) in [4.78, 5) is 29.8. The van der Waals surface area contributed by atoms with Crippen LogP contribution in [0.2, 0.25) is 10.0 Å². The molecule has 8 heteroatoms. The molecule has 1 heterocycles. The fraction of sp³-hybridized carbons (Fsp3) is 0.353. The zero-order valence-electron chi connectivity index (χ0n) is 13.4. The zero-order valence-corrected chi connectivity index (χ0v) is 15.7. The molecule has 1 atom stereocenters. The fourth-order valence-corrected chi connectivity index (χ4v) is 4.04. The van der Waals surface area contributed by atoms with Crippen LogP contribution in [-0.2, 0) is 16.0 Å². The topological polar surface area (TPSA) is 70.5 Å². The molecule has 3 rings (SSSR count). The van der Waals surface area contributed by atoms with Crippen LogP contribution in [0.25, 0.3) is 10.6 Å². The minimum atomic E-state index is -0.993. The van der Waals surface area contributed by atoms with Crippen molar-refractivity contribution in [3.63, 3.8) is 0 Å². The molecule has 0 saturated heterocycles. The lowest BCUT2D eigenvalue weighted by molar-refractivity contribution is -0.149. The largest absolute Gasteiger partial charge is 0.480 e. The number of carboxylic acids is 1. The molecule has 1 aromatic carbocycles. The van der Waals surface area contributed by atoms with Gasteiger partial charge in [-0.25, -0.2) is 9.78 Å². The number of carbonyl (C=O) groups excluding carboxylic acids is 1. The van der Waals surface area contributed by atoms with Crippen LogP contribution in [0.5, 0.6) is 0 Å². The Morgan fingerprint density at radius 3 is 2.72 bits per heavy atom. The van der Waals surface area contributed by atoms with Crippen LogP contribution < -0.4 is 0 Å². The molecular weight excluding hydrogens is 383 g/mol. The molecule has 0 spiro atoms. The Morgan fingerprint density at radius 2 is 2.12 bits per heavy atom. The van der Waals surface area contributed by atoms with Gasteiger partial charge in [-0.1, -0.05) is 23.2 Å². The number of nitrogens with zero attached hydrogens (tertiary/aromatic N) is 2. The monoisotopic (exact) mass is 398 g/mol. The quantitative estimate of drug-likeness (QED) is 0.793. The Bertz CT molecular complexity index is 820. The molecule has 132 valence electrons. The Hall–Kier alpha value is -1.63. The molecule has 1 unspecified atom stereocenters. The smallest absolute Gasteiger partial charge is 0.326 e. The molecule has 1 amide bonds. The number of hydrogen-bond donors (Lipinski definition) is 1. The Kier molecular flexibility index (Phi) is 5.32. The predicted octanol–water partition coefficient (Wildman–Crippen LogP) is 4.12. The maximum atomic E-state index is 12.6. The third kappa shape index (κ3) is 4.14. The average molecular weight is 399 g/mol. The van der Waals surface area contributed by atoms with Gasteiger partial charge in [0, 0.05) is 22.0 Å². The zero-order chi connectivity index (χ0) is 18.1. The predicted molar refractivity (Wildman–Crippen MR) is 98.2 cm³/mol. The third-order valence-corrected chi connectivity index (χ3v) is 5.52. The van der Waals surface area contributed by atoms with Crippen LogP contribution in [0.3, 0.4) is 0 Å². The fourth-order valence-electron chi connectivity index (χ4n) is 2.63. The van der Waals surface area contributed by atoms with Crippen molar-refractivity contribution < 1.29 is 14.7 Å². The van der Waals surface area contributed by atoms with E-state index in [-0.39, 0.29) is 18.4 Å². The summed E-state index contributed by atoms with van der Waals surface area (Å²) < 4.78 is 0. The summed E-state index contributed by atoms with van der Waals surface area (Å²) in [6, 6.07) is 4.37.